The molecule has 0 radical (unpaired) electrons. The highest BCUT2D eigenvalue weighted by molar-refractivity contribution is 5.95. The van der Waals surface area contributed by atoms with Crippen molar-refractivity contribution in [1.29, 1.82) is 0 Å². The number of rotatable bonds is 5. The minimum absolute atomic E-state index is 0.00544. The third-order valence-electron chi connectivity index (χ3n) is 4.35. The molecule has 1 aliphatic rings. The van der Waals surface area contributed by atoms with Crippen molar-refractivity contribution in [3.05, 3.63) is 53.3 Å². The Bertz CT molecular complexity index is 955. The number of benzene rings is 2. The van der Waals surface area contributed by atoms with Crippen LogP contribution < -0.4 is 16.4 Å². The second-order valence-electron chi connectivity index (χ2n) is 6.76. The summed E-state index contributed by atoms with van der Waals surface area (Å²) in [4.78, 5) is 11.9. The number of nitrogens with one attached hydrogen (secondary N) is 2. The topological polar surface area (TPSA) is 67.1 Å². The van der Waals surface area contributed by atoms with Crippen molar-refractivity contribution in [3.63, 3.8) is 0 Å². The number of alkyl halides is 3. The van der Waals surface area contributed by atoms with E-state index in [9.17, 15) is 22.4 Å². The van der Waals surface area contributed by atoms with E-state index in [1.165, 1.54) is 24.3 Å². The van der Waals surface area contributed by atoms with E-state index in [1.807, 2.05) is 0 Å². The number of nitrogens with two attached hydrogens (primary N) is 1. The maximum Gasteiger partial charge on any atom is 0.416 e. The van der Waals surface area contributed by atoms with Gasteiger partial charge >= 0.3 is 6.18 Å². The summed E-state index contributed by atoms with van der Waals surface area (Å²) in [5, 5.41) is 5.32. The highest BCUT2D eigenvalue weighted by atomic mass is 19.4. The van der Waals surface area contributed by atoms with E-state index >= 15 is 0 Å². The summed E-state index contributed by atoms with van der Waals surface area (Å²) in [7, 11) is 0. The average Bonchev–Trinajstić information content (AvgIpc) is 3.49. The van der Waals surface area contributed by atoms with Gasteiger partial charge in [0.05, 0.1) is 29.0 Å². The van der Waals surface area contributed by atoms with Gasteiger partial charge in [-0.1, -0.05) is 24.0 Å². The Morgan fingerprint density at radius 2 is 1.76 bits per heavy atom. The van der Waals surface area contributed by atoms with Gasteiger partial charge in [-0.05, 0) is 42.7 Å². The van der Waals surface area contributed by atoms with Gasteiger partial charge in [-0.3, -0.25) is 4.79 Å². The smallest absolute Gasteiger partial charge is 0.395 e. The van der Waals surface area contributed by atoms with Crippen LogP contribution in [0.5, 0.6) is 0 Å². The average molecular weight is 405 g/mol. The molecule has 4 nitrogen and oxygen atoms in total. The second kappa shape index (κ2) is 8.43. The quantitative estimate of drug-likeness (QED) is 0.381. The van der Waals surface area contributed by atoms with Crippen molar-refractivity contribution < 1.29 is 22.4 Å². The fourth-order valence-corrected chi connectivity index (χ4v) is 2.55. The van der Waals surface area contributed by atoms with Gasteiger partial charge in [-0.2, -0.15) is 13.2 Å². The summed E-state index contributed by atoms with van der Waals surface area (Å²) in [5.41, 5.74) is 5.54. The molecule has 0 aromatic heterocycles. The van der Waals surface area contributed by atoms with Crippen molar-refractivity contribution in [3.8, 4) is 11.8 Å². The highest BCUT2D eigenvalue weighted by Gasteiger charge is 2.29. The summed E-state index contributed by atoms with van der Waals surface area (Å²) in [6.45, 7) is 0.108. The molecular formula is C21H19F4N3O. The molecule has 29 heavy (non-hydrogen) atoms. The van der Waals surface area contributed by atoms with E-state index in [4.69, 9.17) is 5.73 Å². The molecule has 0 saturated heterocycles. The zero-order valence-corrected chi connectivity index (χ0v) is 15.4. The van der Waals surface area contributed by atoms with Gasteiger partial charge in [-0.25, -0.2) is 4.39 Å². The molecule has 0 bridgehead atoms. The van der Waals surface area contributed by atoms with Gasteiger partial charge in [0.1, 0.15) is 0 Å². The van der Waals surface area contributed by atoms with Crippen LogP contribution in [0.25, 0.3) is 0 Å². The van der Waals surface area contributed by atoms with E-state index < -0.39 is 17.6 Å². The molecule has 1 fully saturated rings. The number of amides is 1. The summed E-state index contributed by atoms with van der Waals surface area (Å²) in [6, 6.07) is 7.42. The Morgan fingerprint density at radius 3 is 2.38 bits per heavy atom. The molecule has 2 aromatic rings. The van der Waals surface area contributed by atoms with Gasteiger partial charge in [0.2, 0.25) is 5.91 Å². The molecule has 1 saturated carbocycles. The zero-order valence-electron chi connectivity index (χ0n) is 15.4. The van der Waals surface area contributed by atoms with E-state index in [-0.39, 0.29) is 35.9 Å². The predicted molar refractivity (Wildman–Crippen MR) is 103 cm³/mol. The first-order valence-corrected chi connectivity index (χ1v) is 9.00. The Balaban J connectivity index is 1.60. The third-order valence-corrected chi connectivity index (χ3v) is 4.35. The third kappa shape index (κ3) is 5.64. The normalized spacial score (nSPS) is 13.4. The first-order valence-electron chi connectivity index (χ1n) is 9.00. The first kappa shape index (κ1) is 20.5. The largest absolute Gasteiger partial charge is 0.416 e. The van der Waals surface area contributed by atoms with Crippen LogP contribution >= 0.6 is 0 Å². The van der Waals surface area contributed by atoms with Crippen molar-refractivity contribution >= 4 is 23.0 Å². The minimum atomic E-state index is -4.41. The molecule has 0 aliphatic heterocycles. The number of anilines is 3. The van der Waals surface area contributed by atoms with E-state index in [0.717, 1.165) is 25.0 Å². The van der Waals surface area contributed by atoms with Crippen LogP contribution in [0.2, 0.25) is 0 Å². The molecule has 0 spiro atoms. The lowest BCUT2D eigenvalue weighted by Crippen LogP contribution is -2.13. The lowest BCUT2D eigenvalue weighted by atomic mass is 10.1. The summed E-state index contributed by atoms with van der Waals surface area (Å²) in [5.74, 6) is 5.01. The van der Waals surface area contributed by atoms with Crippen molar-refractivity contribution in [2.24, 2.45) is 5.92 Å². The predicted octanol–water partition coefficient (Wildman–Crippen LogP) is 4.78. The molecule has 1 aliphatic carbocycles. The lowest BCUT2D eigenvalue weighted by Gasteiger charge is -2.13. The molecule has 152 valence electrons. The van der Waals surface area contributed by atoms with Crippen molar-refractivity contribution in [1.82, 2.24) is 0 Å². The Hall–Kier alpha value is -3.21. The van der Waals surface area contributed by atoms with Crippen LogP contribution in [0.4, 0.5) is 34.6 Å². The number of carbonyl (C=O) groups excluding carboxylic acids is 1. The molecule has 0 unspecified atom stereocenters. The summed E-state index contributed by atoms with van der Waals surface area (Å²) < 4.78 is 52.2. The first-order chi connectivity index (χ1) is 13.7. The molecule has 0 heterocycles. The van der Waals surface area contributed by atoms with Crippen molar-refractivity contribution in [2.45, 2.75) is 32.0 Å². The zero-order chi connectivity index (χ0) is 21.0. The number of halogens is 4. The molecular weight excluding hydrogens is 386 g/mol. The van der Waals surface area contributed by atoms with Gasteiger partial charge in [0, 0.05) is 12.5 Å². The van der Waals surface area contributed by atoms with Gasteiger partial charge in [0.15, 0.2) is 5.82 Å². The lowest BCUT2D eigenvalue weighted by molar-refractivity contribution is -0.137. The van der Waals surface area contributed by atoms with Crippen LogP contribution in [0.1, 0.15) is 30.4 Å². The Morgan fingerprint density at radius 1 is 1.10 bits per heavy atom. The number of hydrogen-bond donors (Lipinski definition) is 3. The van der Waals surface area contributed by atoms with Crippen molar-refractivity contribution in [2.75, 3.05) is 16.4 Å². The molecule has 4 N–H and O–H groups in total. The van der Waals surface area contributed by atoms with Crippen LogP contribution in [0, 0.1) is 23.6 Å². The number of carbonyl (C=O) groups is 1. The Labute approximate surface area is 165 Å². The van der Waals surface area contributed by atoms with Crippen LogP contribution in [-0.2, 0) is 17.5 Å². The molecule has 0 atom stereocenters. The fraction of sp³-hybridized carbons (Fsp3) is 0.286. The number of nitrogen functional groups attached to an aromatic ring is 1. The SMILES string of the molecule is Nc1c(NC(=O)CC#CC2CC2)ccc(NCc2ccc(C(F)(F)F)cc2)c1F. The fourth-order valence-electron chi connectivity index (χ4n) is 2.55. The maximum atomic E-state index is 14.5. The van der Waals surface area contributed by atoms with Crippen LogP contribution in [-0.4, -0.2) is 5.91 Å². The van der Waals surface area contributed by atoms with Gasteiger partial charge in [-0.15, -0.1) is 0 Å². The van der Waals surface area contributed by atoms with E-state index in [0.29, 0.717) is 11.5 Å². The standard InChI is InChI=1S/C21H19F4N3O/c22-19-16(27-12-14-6-8-15(9-7-14)21(23,24)25)10-11-17(20(19)26)28-18(29)3-1-2-13-4-5-13/h6-11,13,27H,3-5,12,26H2,(H,28,29). The van der Waals surface area contributed by atoms with Crippen LogP contribution in [0.15, 0.2) is 36.4 Å². The molecule has 8 heteroatoms. The van der Waals surface area contributed by atoms with Gasteiger partial charge < -0.3 is 16.4 Å². The second-order valence-corrected chi connectivity index (χ2v) is 6.76. The minimum Gasteiger partial charge on any atom is -0.395 e. The number of hydrogen-bond acceptors (Lipinski definition) is 3. The molecule has 2 aromatic carbocycles. The molecule has 1 amide bonds. The summed E-state index contributed by atoms with van der Waals surface area (Å²) >= 11 is 0. The maximum absolute atomic E-state index is 14.5. The van der Waals surface area contributed by atoms with E-state index in [2.05, 4.69) is 22.5 Å². The van der Waals surface area contributed by atoms with E-state index in [1.54, 1.807) is 0 Å². The molecule has 3 rings (SSSR count). The van der Waals surface area contributed by atoms with Gasteiger partial charge in [0.25, 0.3) is 0 Å². The van der Waals surface area contributed by atoms with Crippen LogP contribution in [0.3, 0.4) is 0 Å². The monoisotopic (exact) mass is 405 g/mol. The highest BCUT2D eigenvalue weighted by Crippen LogP contribution is 2.31. The Kier molecular flexibility index (Phi) is 5.97. The summed E-state index contributed by atoms with van der Waals surface area (Å²) in [6.07, 6.45) is -2.27.